The summed E-state index contributed by atoms with van der Waals surface area (Å²) in [6.45, 7) is 0.589. The fourth-order valence-corrected chi connectivity index (χ4v) is 1.38. The maximum Gasteiger partial charge on any atom is 0.329 e. The maximum absolute atomic E-state index is 11.3. The topological polar surface area (TPSA) is 105 Å². The second-order valence-electron chi connectivity index (χ2n) is 3.90. The summed E-state index contributed by atoms with van der Waals surface area (Å²) in [4.78, 5) is 21.5. The van der Waals surface area contributed by atoms with Crippen molar-refractivity contribution < 1.29 is 19.4 Å². The summed E-state index contributed by atoms with van der Waals surface area (Å²) < 4.78 is 6.47. The maximum atomic E-state index is 11.3. The number of hydrogen-bond acceptors (Lipinski definition) is 4. The van der Waals surface area contributed by atoms with Crippen molar-refractivity contribution in [2.24, 2.45) is 7.05 Å². The molecule has 0 aliphatic carbocycles. The van der Waals surface area contributed by atoms with E-state index in [0.717, 1.165) is 5.56 Å². The Morgan fingerprint density at radius 1 is 1.42 bits per heavy atom. The number of nitrogens with one attached hydrogen (secondary N) is 2. The van der Waals surface area contributed by atoms with E-state index in [-0.39, 0.29) is 25.8 Å². The van der Waals surface area contributed by atoms with E-state index in [9.17, 15) is 9.59 Å². The van der Waals surface area contributed by atoms with E-state index in [1.54, 1.807) is 10.9 Å². The van der Waals surface area contributed by atoms with Crippen molar-refractivity contribution in [1.82, 2.24) is 20.4 Å². The monoisotopic (exact) mass is 270 g/mol. The average Bonchev–Trinajstić information content (AvgIpc) is 2.74. The summed E-state index contributed by atoms with van der Waals surface area (Å²) in [6, 6.07) is -0.303. The number of carboxylic acid groups (broad SMARTS) is 1. The van der Waals surface area contributed by atoms with Crippen molar-refractivity contribution >= 4 is 12.0 Å². The second kappa shape index (κ2) is 8.09. The molecule has 0 aliphatic heterocycles. The average molecular weight is 270 g/mol. The zero-order valence-corrected chi connectivity index (χ0v) is 10.8. The molecule has 19 heavy (non-hydrogen) atoms. The van der Waals surface area contributed by atoms with Crippen LogP contribution in [0.15, 0.2) is 12.4 Å². The quantitative estimate of drug-likeness (QED) is 0.545. The van der Waals surface area contributed by atoms with E-state index in [1.165, 1.54) is 0 Å². The Bertz CT molecular complexity index is 419. The molecule has 1 heterocycles. The van der Waals surface area contributed by atoms with Crippen LogP contribution in [0.5, 0.6) is 0 Å². The summed E-state index contributed by atoms with van der Waals surface area (Å²) in [6.07, 6.45) is 4.34. The first-order valence-corrected chi connectivity index (χ1v) is 5.86. The van der Waals surface area contributed by atoms with Gasteiger partial charge in [-0.15, -0.1) is 0 Å². The van der Waals surface area contributed by atoms with Crippen LogP contribution < -0.4 is 10.6 Å². The first kappa shape index (κ1) is 15.0. The molecule has 2 amide bonds. The summed E-state index contributed by atoms with van der Waals surface area (Å²) in [5.74, 6) is -1.03. The van der Waals surface area contributed by atoms with E-state index in [4.69, 9.17) is 9.84 Å². The summed E-state index contributed by atoms with van der Waals surface area (Å²) >= 11 is 0. The summed E-state index contributed by atoms with van der Waals surface area (Å²) in [7, 11) is 1.83. The third-order valence-electron chi connectivity index (χ3n) is 2.22. The lowest BCUT2D eigenvalue weighted by Gasteiger charge is -2.06. The van der Waals surface area contributed by atoms with Crippen molar-refractivity contribution in [3.63, 3.8) is 0 Å². The number of carbonyl (C=O) groups is 2. The Labute approximate surface area is 110 Å². The molecule has 3 N–H and O–H groups in total. The highest BCUT2D eigenvalue weighted by Gasteiger charge is 2.01. The smallest absolute Gasteiger partial charge is 0.329 e. The van der Waals surface area contributed by atoms with Crippen molar-refractivity contribution in [3.8, 4) is 0 Å². The molecule has 106 valence electrons. The fourth-order valence-electron chi connectivity index (χ4n) is 1.38. The molecule has 1 rings (SSSR count). The molecular formula is C11H18N4O4. The van der Waals surface area contributed by atoms with Crippen LogP contribution in [-0.4, -0.2) is 53.2 Å². The summed E-state index contributed by atoms with van der Waals surface area (Å²) in [5.41, 5.74) is 1.05. The van der Waals surface area contributed by atoms with Crippen molar-refractivity contribution in [2.45, 2.75) is 6.42 Å². The van der Waals surface area contributed by atoms with Crippen LogP contribution >= 0.6 is 0 Å². The Hall–Kier alpha value is -2.09. The predicted octanol–water partition coefficient (Wildman–Crippen LogP) is -0.637. The number of carbonyl (C=O) groups excluding carboxylic acids is 1. The third-order valence-corrected chi connectivity index (χ3v) is 2.22. The third kappa shape index (κ3) is 7.04. The lowest BCUT2D eigenvalue weighted by molar-refractivity contribution is -0.142. The predicted molar refractivity (Wildman–Crippen MR) is 66.8 cm³/mol. The van der Waals surface area contributed by atoms with Crippen LogP contribution in [0.4, 0.5) is 4.79 Å². The highest BCUT2D eigenvalue weighted by atomic mass is 16.5. The largest absolute Gasteiger partial charge is 0.480 e. The van der Waals surface area contributed by atoms with Gasteiger partial charge in [0.25, 0.3) is 0 Å². The Morgan fingerprint density at radius 3 is 2.79 bits per heavy atom. The first-order valence-electron chi connectivity index (χ1n) is 5.86. The van der Waals surface area contributed by atoms with Gasteiger partial charge >= 0.3 is 12.0 Å². The van der Waals surface area contributed by atoms with E-state index >= 15 is 0 Å². The molecule has 0 spiro atoms. The van der Waals surface area contributed by atoms with Crippen LogP contribution in [0, 0.1) is 0 Å². The number of aromatic nitrogens is 2. The number of aliphatic carboxylic acids is 1. The summed E-state index contributed by atoms with van der Waals surface area (Å²) in [5, 5.41) is 17.6. The van der Waals surface area contributed by atoms with Gasteiger partial charge in [-0.25, -0.2) is 9.59 Å². The first-order chi connectivity index (χ1) is 9.08. The van der Waals surface area contributed by atoms with Gasteiger partial charge in [-0.3, -0.25) is 4.68 Å². The van der Waals surface area contributed by atoms with Crippen LogP contribution in [0.25, 0.3) is 0 Å². The number of hydrogen-bond donors (Lipinski definition) is 3. The molecule has 0 unspecified atom stereocenters. The molecule has 8 nitrogen and oxygen atoms in total. The van der Waals surface area contributed by atoms with Gasteiger partial charge in [0.1, 0.15) is 6.61 Å². The van der Waals surface area contributed by atoms with Gasteiger partial charge in [0.15, 0.2) is 0 Å². The number of aryl methyl sites for hydroxylation is 1. The van der Waals surface area contributed by atoms with Crippen molar-refractivity contribution in [3.05, 3.63) is 18.0 Å². The van der Waals surface area contributed by atoms with Gasteiger partial charge in [-0.05, 0) is 12.0 Å². The Morgan fingerprint density at radius 2 is 2.16 bits per heavy atom. The minimum atomic E-state index is -1.03. The zero-order chi connectivity index (χ0) is 14.1. The lowest BCUT2D eigenvalue weighted by atomic mass is 10.2. The number of urea groups is 1. The molecule has 0 saturated heterocycles. The molecule has 8 heteroatoms. The van der Waals surface area contributed by atoms with Crippen LogP contribution in [-0.2, 0) is 23.0 Å². The molecule has 0 saturated carbocycles. The number of amides is 2. The number of carboxylic acids is 1. The van der Waals surface area contributed by atoms with Gasteiger partial charge in [-0.1, -0.05) is 0 Å². The van der Waals surface area contributed by atoms with E-state index < -0.39 is 5.97 Å². The normalized spacial score (nSPS) is 10.2. The van der Waals surface area contributed by atoms with Gasteiger partial charge in [0.2, 0.25) is 0 Å². The minimum Gasteiger partial charge on any atom is -0.480 e. The molecule has 0 atom stereocenters. The fraction of sp³-hybridized carbons (Fsp3) is 0.545. The second-order valence-corrected chi connectivity index (χ2v) is 3.90. The van der Waals surface area contributed by atoms with E-state index in [2.05, 4.69) is 15.7 Å². The Balaban J connectivity index is 2.00. The highest BCUT2D eigenvalue weighted by molar-refractivity contribution is 5.73. The van der Waals surface area contributed by atoms with Gasteiger partial charge in [0, 0.05) is 26.3 Å². The number of ether oxygens (including phenoxy) is 1. The van der Waals surface area contributed by atoms with Crippen LogP contribution in [0.3, 0.4) is 0 Å². The van der Waals surface area contributed by atoms with Crippen molar-refractivity contribution in [2.75, 3.05) is 26.3 Å². The SMILES string of the molecule is Cn1cc(CCNC(=O)NCCOCC(=O)O)cn1. The lowest BCUT2D eigenvalue weighted by Crippen LogP contribution is -2.38. The molecule has 0 bridgehead atoms. The van der Waals surface area contributed by atoms with E-state index in [0.29, 0.717) is 13.0 Å². The van der Waals surface area contributed by atoms with Gasteiger partial charge in [0.05, 0.1) is 12.8 Å². The number of rotatable bonds is 8. The van der Waals surface area contributed by atoms with Crippen LogP contribution in [0.1, 0.15) is 5.56 Å². The minimum absolute atomic E-state index is 0.169. The molecule has 0 fully saturated rings. The van der Waals surface area contributed by atoms with Gasteiger partial charge < -0.3 is 20.5 Å². The highest BCUT2D eigenvalue weighted by Crippen LogP contribution is 1.95. The molecule has 0 radical (unpaired) electrons. The zero-order valence-electron chi connectivity index (χ0n) is 10.8. The molecular weight excluding hydrogens is 252 g/mol. The standard InChI is InChI=1S/C11H18N4O4/c1-15-7-9(6-14-15)2-3-12-11(18)13-4-5-19-8-10(16)17/h6-7H,2-5,8H2,1H3,(H,16,17)(H2,12,13,18). The Kier molecular flexibility index (Phi) is 6.37. The molecule has 1 aromatic heterocycles. The van der Waals surface area contributed by atoms with Crippen molar-refractivity contribution in [1.29, 1.82) is 0 Å². The van der Waals surface area contributed by atoms with Gasteiger partial charge in [-0.2, -0.15) is 5.10 Å². The molecule has 0 aromatic carbocycles. The van der Waals surface area contributed by atoms with E-state index in [1.807, 2.05) is 13.2 Å². The van der Waals surface area contributed by atoms with Crippen LogP contribution in [0.2, 0.25) is 0 Å². The number of nitrogens with zero attached hydrogens (tertiary/aromatic N) is 2. The molecule has 0 aliphatic rings. The molecule has 1 aromatic rings.